The summed E-state index contributed by atoms with van der Waals surface area (Å²) >= 11 is 6.07. The zero-order valence-corrected chi connectivity index (χ0v) is 11.4. The Morgan fingerprint density at radius 2 is 2.28 bits per heavy atom. The average molecular weight is 269 g/mol. The van der Waals surface area contributed by atoms with Gasteiger partial charge in [0.25, 0.3) is 0 Å². The van der Waals surface area contributed by atoms with Crippen LogP contribution in [0.4, 0.5) is 0 Å². The van der Waals surface area contributed by atoms with Crippen molar-refractivity contribution in [1.29, 1.82) is 0 Å². The Balaban J connectivity index is 1.95. The predicted octanol–water partition coefficient (Wildman–Crippen LogP) is 3.49. The number of Topliss-reactive ketones (excluding diaryl/α,β-unsaturated/α-hetero) is 1. The van der Waals surface area contributed by atoms with E-state index in [0.29, 0.717) is 29.0 Å². The highest BCUT2D eigenvalue weighted by Crippen LogP contribution is 2.27. The number of ether oxygens (including phenoxy) is 2. The maximum Gasteiger partial charge on any atom is 0.159 e. The largest absolute Gasteiger partial charge is 0.489 e. The van der Waals surface area contributed by atoms with Crippen molar-refractivity contribution in [3.05, 3.63) is 28.8 Å². The molecule has 1 fully saturated rings. The molecule has 1 heterocycles. The second-order valence-corrected chi connectivity index (χ2v) is 5.07. The lowest BCUT2D eigenvalue weighted by Crippen LogP contribution is -2.18. The lowest BCUT2D eigenvalue weighted by molar-refractivity contribution is 0.0265. The summed E-state index contributed by atoms with van der Waals surface area (Å²) in [5.74, 6) is 0.598. The number of ketones is 1. The Kier molecular flexibility index (Phi) is 4.25. The molecule has 18 heavy (non-hydrogen) atoms. The second kappa shape index (κ2) is 5.72. The van der Waals surface area contributed by atoms with Crippen molar-refractivity contribution < 1.29 is 14.3 Å². The van der Waals surface area contributed by atoms with Crippen LogP contribution in [0.25, 0.3) is 0 Å². The molecule has 1 aliphatic heterocycles. The van der Waals surface area contributed by atoms with E-state index in [1.54, 1.807) is 18.2 Å². The smallest absolute Gasteiger partial charge is 0.159 e. The number of carbonyl (C=O) groups excluding carboxylic acids is 1. The highest BCUT2D eigenvalue weighted by atomic mass is 35.5. The maximum absolute atomic E-state index is 11.2. The van der Waals surface area contributed by atoms with Crippen LogP contribution in [0.3, 0.4) is 0 Å². The Morgan fingerprint density at radius 3 is 2.83 bits per heavy atom. The molecule has 4 heteroatoms. The summed E-state index contributed by atoms with van der Waals surface area (Å²) < 4.78 is 11.3. The van der Waals surface area contributed by atoms with Gasteiger partial charge >= 0.3 is 0 Å². The third kappa shape index (κ3) is 3.24. The Bertz CT molecular complexity index is 445. The molecule has 98 valence electrons. The highest BCUT2D eigenvalue weighted by Gasteiger charge is 2.22. The number of halogens is 1. The first-order chi connectivity index (χ1) is 8.56. The van der Waals surface area contributed by atoms with E-state index in [0.717, 1.165) is 12.8 Å². The third-order valence-corrected chi connectivity index (χ3v) is 3.38. The van der Waals surface area contributed by atoms with Crippen molar-refractivity contribution >= 4 is 17.4 Å². The summed E-state index contributed by atoms with van der Waals surface area (Å²) in [6, 6.07) is 5.09. The van der Waals surface area contributed by atoms with Crippen LogP contribution in [-0.4, -0.2) is 24.6 Å². The Hall–Kier alpha value is -1.06. The molecule has 2 rings (SSSR count). The lowest BCUT2D eigenvalue weighted by Gasteiger charge is -2.13. The number of hydrogen-bond acceptors (Lipinski definition) is 3. The van der Waals surface area contributed by atoms with Crippen molar-refractivity contribution in [3.8, 4) is 5.75 Å². The molecule has 0 N–H and O–H groups in total. The molecule has 1 aliphatic rings. The third-order valence-electron chi connectivity index (χ3n) is 3.08. The van der Waals surface area contributed by atoms with Crippen LogP contribution < -0.4 is 4.74 Å². The highest BCUT2D eigenvalue weighted by molar-refractivity contribution is 6.32. The van der Waals surface area contributed by atoms with Crippen molar-refractivity contribution in [3.63, 3.8) is 0 Å². The van der Waals surface area contributed by atoms with Crippen LogP contribution in [0.5, 0.6) is 5.75 Å². The lowest BCUT2D eigenvalue weighted by atomic mass is 10.1. The summed E-state index contributed by atoms with van der Waals surface area (Å²) in [4.78, 5) is 11.2. The van der Waals surface area contributed by atoms with Crippen LogP contribution in [-0.2, 0) is 4.74 Å². The van der Waals surface area contributed by atoms with Gasteiger partial charge in [0, 0.05) is 5.56 Å². The average Bonchev–Trinajstić information content (AvgIpc) is 2.73. The van der Waals surface area contributed by atoms with Crippen molar-refractivity contribution in [1.82, 2.24) is 0 Å². The molecule has 1 aromatic rings. The number of carbonyl (C=O) groups is 1. The predicted molar refractivity (Wildman–Crippen MR) is 70.5 cm³/mol. The zero-order chi connectivity index (χ0) is 13.1. The number of rotatable bonds is 4. The van der Waals surface area contributed by atoms with Gasteiger partial charge in [-0.3, -0.25) is 4.79 Å². The summed E-state index contributed by atoms with van der Waals surface area (Å²) in [5, 5.41) is 0.466. The fourth-order valence-electron chi connectivity index (χ4n) is 2.03. The second-order valence-electron chi connectivity index (χ2n) is 4.66. The molecule has 3 nitrogen and oxygen atoms in total. The van der Waals surface area contributed by atoms with Crippen LogP contribution in [0, 0.1) is 0 Å². The van der Waals surface area contributed by atoms with Gasteiger partial charge in [-0.2, -0.15) is 0 Å². The SMILES string of the molecule is CC(=O)c1ccc(OCC2CCC(C)O2)c(Cl)c1. The molecular weight excluding hydrogens is 252 g/mol. The van der Waals surface area contributed by atoms with Crippen LogP contribution in [0.1, 0.15) is 37.0 Å². The van der Waals surface area contributed by atoms with Crippen molar-refractivity contribution in [2.75, 3.05) is 6.61 Å². The Labute approximate surface area is 112 Å². The number of benzene rings is 1. The van der Waals surface area contributed by atoms with E-state index >= 15 is 0 Å². The summed E-state index contributed by atoms with van der Waals surface area (Å²) in [5.41, 5.74) is 0.595. The molecule has 1 aromatic carbocycles. The quantitative estimate of drug-likeness (QED) is 0.784. The molecular formula is C14H17ClO3. The Morgan fingerprint density at radius 1 is 1.50 bits per heavy atom. The van der Waals surface area contributed by atoms with Gasteiger partial charge in [0.05, 0.1) is 17.2 Å². The molecule has 0 amide bonds. The summed E-state index contributed by atoms with van der Waals surface area (Å²) in [6.45, 7) is 4.08. The van der Waals surface area contributed by atoms with E-state index in [2.05, 4.69) is 6.92 Å². The van der Waals surface area contributed by atoms with E-state index in [9.17, 15) is 4.79 Å². The summed E-state index contributed by atoms with van der Waals surface area (Å²) in [6.07, 6.45) is 2.55. The first-order valence-electron chi connectivity index (χ1n) is 6.15. The van der Waals surface area contributed by atoms with E-state index in [4.69, 9.17) is 21.1 Å². The molecule has 0 aromatic heterocycles. The molecule has 2 unspecified atom stereocenters. The minimum atomic E-state index is -0.00333. The van der Waals surface area contributed by atoms with Crippen molar-refractivity contribution in [2.45, 2.75) is 38.9 Å². The van der Waals surface area contributed by atoms with E-state index in [-0.39, 0.29) is 11.9 Å². The molecule has 0 radical (unpaired) electrons. The van der Waals surface area contributed by atoms with Gasteiger partial charge in [-0.1, -0.05) is 11.6 Å². The maximum atomic E-state index is 11.2. The number of hydrogen-bond donors (Lipinski definition) is 0. The van der Waals surface area contributed by atoms with Crippen LogP contribution in [0.2, 0.25) is 5.02 Å². The minimum absolute atomic E-state index is 0.00333. The fourth-order valence-corrected chi connectivity index (χ4v) is 2.26. The van der Waals surface area contributed by atoms with E-state index in [1.165, 1.54) is 6.92 Å². The van der Waals surface area contributed by atoms with Crippen LogP contribution >= 0.6 is 11.6 Å². The van der Waals surface area contributed by atoms with Gasteiger partial charge in [-0.05, 0) is 44.9 Å². The van der Waals surface area contributed by atoms with Gasteiger partial charge in [0.1, 0.15) is 12.4 Å². The minimum Gasteiger partial charge on any atom is -0.489 e. The van der Waals surface area contributed by atoms with Crippen LogP contribution in [0.15, 0.2) is 18.2 Å². The first kappa shape index (κ1) is 13.4. The van der Waals surface area contributed by atoms with Gasteiger partial charge in [0.15, 0.2) is 5.78 Å². The van der Waals surface area contributed by atoms with Gasteiger partial charge < -0.3 is 9.47 Å². The molecule has 1 saturated heterocycles. The van der Waals surface area contributed by atoms with Gasteiger partial charge in [-0.15, -0.1) is 0 Å². The topological polar surface area (TPSA) is 35.5 Å². The molecule has 0 aliphatic carbocycles. The first-order valence-corrected chi connectivity index (χ1v) is 6.53. The molecule has 0 spiro atoms. The van der Waals surface area contributed by atoms with Crippen molar-refractivity contribution in [2.24, 2.45) is 0 Å². The molecule has 0 bridgehead atoms. The molecule has 0 saturated carbocycles. The van der Waals surface area contributed by atoms with Gasteiger partial charge in [0.2, 0.25) is 0 Å². The zero-order valence-electron chi connectivity index (χ0n) is 10.6. The van der Waals surface area contributed by atoms with Gasteiger partial charge in [-0.25, -0.2) is 0 Å². The monoisotopic (exact) mass is 268 g/mol. The van der Waals surface area contributed by atoms with E-state index in [1.807, 2.05) is 0 Å². The fraction of sp³-hybridized carbons (Fsp3) is 0.500. The molecule has 2 atom stereocenters. The summed E-state index contributed by atoms with van der Waals surface area (Å²) in [7, 11) is 0. The standard InChI is InChI=1S/C14H17ClO3/c1-9-3-5-12(18-9)8-17-14-6-4-11(10(2)16)7-13(14)15/h4,6-7,9,12H,3,5,8H2,1-2H3. The normalized spacial score (nSPS) is 23.1. The van der Waals surface area contributed by atoms with E-state index < -0.39 is 0 Å².